The Morgan fingerprint density at radius 1 is 1.19 bits per heavy atom. The summed E-state index contributed by atoms with van der Waals surface area (Å²) in [6, 6.07) is 11.2. The van der Waals surface area contributed by atoms with Crippen molar-refractivity contribution in [2.45, 2.75) is 12.8 Å². The molecule has 0 fully saturated rings. The number of benzene rings is 2. The SMILES string of the molecule is C=CCc1ccc(Cc2c(Oc3ccc(F)c(C(=N)SC)c3)c(F)cc3[nH]ccc23)nc1. The maximum absolute atomic E-state index is 15.1. The van der Waals surface area contributed by atoms with E-state index in [9.17, 15) is 4.39 Å². The quantitative estimate of drug-likeness (QED) is 0.189. The van der Waals surface area contributed by atoms with E-state index in [1.807, 2.05) is 24.3 Å². The second kappa shape index (κ2) is 9.36. The zero-order chi connectivity index (χ0) is 22.7. The van der Waals surface area contributed by atoms with Gasteiger partial charge in [-0.15, -0.1) is 18.3 Å². The fourth-order valence-electron chi connectivity index (χ4n) is 3.51. The minimum absolute atomic E-state index is 0.0577. The van der Waals surface area contributed by atoms with Crippen molar-refractivity contribution < 1.29 is 13.5 Å². The lowest BCUT2D eigenvalue weighted by atomic mass is 10.0. The molecule has 0 saturated carbocycles. The number of halogens is 2. The molecule has 4 nitrogen and oxygen atoms in total. The van der Waals surface area contributed by atoms with Crippen LogP contribution in [0.3, 0.4) is 0 Å². The topological polar surface area (TPSA) is 61.8 Å². The van der Waals surface area contributed by atoms with Crippen LogP contribution in [0.15, 0.2) is 67.5 Å². The molecule has 0 radical (unpaired) electrons. The molecule has 2 heterocycles. The summed E-state index contributed by atoms with van der Waals surface area (Å²) >= 11 is 1.12. The molecule has 32 heavy (non-hydrogen) atoms. The molecule has 2 aromatic heterocycles. The summed E-state index contributed by atoms with van der Waals surface area (Å²) in [5.41, 5.74) is 3.20. The van der Waals surface area contributed by atoms with E-state index in [1.54, 1.807) is 18.6 Å². The molecule has 2 aromatic carbocycles. The molecule has 2 N–H and O–H groups in total. The average molecular weight is 450 g/mol. The lowest BCUT2D eigenvalue weighted by molar-refractivity contribution is 0.437. The highest BCUT2D eigenvalue weighted by Gasteiger charge is 2.19. The number of rotatable bonds is 7. The van der Waals surface area contributed by atoms with Crippen LogP contribution in [0.1, 0.15) is 22.4 Å². The van der Waals surface area contributed by atoms with Crippen LogP contribution in [0, 0.1) is 17.0 Å². The number of allylic oxidation sites excluding steroid dienone is 1. The van der Waals surface area contributed by atoms with Gasteiger partial charge in [0.1, 0.15) is 11.6 Å². The molecule has 0 aliphatic rings. The summed E-state index contributed by atoms with van der Waals surface area (Å²) in [6.07, 6.45) is 8.11. The molecule has 0 saturated heterocycles. The highest BCUT2D eigenvalue weighted by Crippen LogP contribution is 2.36. The van der Waals surface area contributed by atoms with Crippen LogP contribution >= 0.6 is 11.8 Å². The third kappa shape index (κ3) is 4.43. The van der Waals surface area contributed by atoms with Gasteiger partial charge in [-0.05, 0) is 48.6 Å². The highest BCUT2D eigenvalue weighted by atomic mass is 32.2. The van der Waals surface area contributed by atoms with E-state index in [-0.39, 0.29) is 22.1 Å². The predicted octanol–water partition coefficient (Wildman–Crippen LogP) is 6.64. The van der Waals surface area contributed by atoms with Gasteiger partial charge in [0.05, 0.1) is 5.04 Å². The largest absolute Gasteiger partial charge is 0.454 e. The second-order valence-electron chi connectivity index (χ2n) is 7.21. The summed E-state index contributed by atoms with van der Waals surface area (Å²) in [6.45, 7) is 3.74. The Morgan fingerprint density at radius 3 is 2.75 bits per heavy atom. The molecule has 0 spiro atoms. The fourth-order valence-corrected chi connectivity index (χ4v) is 3.88. The second-order valence-corrected chi connectivity index (χ2v) is 8.03. The summed E-state index contributed by atoms with van der Waals surface area (Å²) in [7, 11) is 0. The standard InChI is InChI=1S/C25H21F2N3OS/c1-3-4-15-5-6-16(30-14-15)11-19-18-9-10-29-23(18)13-22(27)24(19)31-17-7-8-21(26)20(12-17)25(28)32-2/h3,5-10,12-14,28-29H,1,4,11H2,2H3. The number of nitrogens with one attached hydrogen (secondary N) is 2. The molecule has 0 bridgehead atoms. The molecule has 0 atom stereocenters. The van der Waals surface area contributed by atoms with Gasteiger partial charge in [-0.25, -0.2) is 8.78 Å². The highest BCUT2D eigenvalue weighted by molar-refractivity contribution is 8.13. The van der Waals surface area contributed by atoms with Gasteiger partial charge in [0.2, 0.25) is 0 Å². The number of aromatic nitrogens is 2. The van der Waals surface area contributed by atoms with Crippen LogP contribution in [0.4, 0.5) is 8.78 Å². The van der Waals surface area contributed by atoms with Crippen molar-refractivity contribution in [3.8, 4) is 11.5 Å². The van der Waals surface area contributed by atoms with Gasteiger partial charge in [-0.2, -0.15) is 0 Å². The third-order valence-electron chi connectivity index (χ3n) is 5.10. The molecule has 0 unspecified atom stereocenters. The summed E-state index contributed by atoms with van der Waals surface area (Å²) in [5, 5.41) is 8.82. The Labute approximate surface area is 188 Å². The lowest BCUT2D eigenvalue weighted by Gasteiger charge is -2.15. The maximum Gasteiger partial charge on any atom is 0.168 e. The van der Waals surface area contributed by atoms with Crippen molar-refractivity contribution in [1.82, 2.24) is 9.97 Å². The van der Waals surface area contributed by atoms with E-state index in [0.717, 1.165) is 34.8 Å². The molecule has 4 rings (SSSR count). The third-order valence-corrected chi connectivity index (χ3v) is 5.72. The van der Waals surface area contributed by atoms with Gasteiger partial charge in [-0.1, -0.05) is 12.1 Å². The normalized spacial score (nSPS) is 11.0. The first kappa shape index (κ1) is 21.8. The predicted molar refractivity (Wildman–Crippen MR) is 126 cm³/mol. The van der Waals surface area contributed by atoms with E-state index in [4.69, 9.17) is 10.1 Å². The number of ether oxygens (including phenoxy) is 1. The summed E-state index contributed by atoms with van der Waals surface area (Å²) < 4.78 is 35.2. The zero-order valence-electron chi connectivity index (χ0n) is 17.4. The average Bonchev–Trinajstić information content (AvgIpc) is 3.26. The Kier molecular flexibility index (Phi) is 6.37. The molecule has 0 aliphatic heterocycles. The van der Waals surface area contributed by atoms with Crippen molar-refractivity contribution in [2.24, 2.45) is 0 Å². The van der Waals surface area contributed by atoms with Gasteiger partial charge in [0.15, 0.2) is 11.6 Å². The smallest absolute Gasteiger partial charge is 0.168 e. The van der Waals surface area contributed by atoms with E-state index in [0.29, 0.717) is 17.5 Å². The van der Waals surface area contributed by atoms with Gasteiger partial charge < -0.3 is 9.72 Å². The van der Waals surface area contributed by atoms with Crippen molar-refractivity contribution in [3.63, 3.8) is 0 Å². The van der Waals surface area contributed by atoms with Crippen LogP contribution in [0.5, 0.6) is 11.5 Å². The maximum atomic E-state index is 15.1. The monoisotopic (exact) mass is 449 g/mol. The Bertz CT molecular complexity index is 1300. The molecular weight excluding hydrogens is 428 g/mol. The van der Waals surface area contributed by atoms with Crippen LogP contribution in [-0.4, -0.2) is 21.3 Å². The van der Waals surface area contributed by atoms with E-state index in [2.05, 4.69) is 16.5 Å². The number of pyridine rings is 1. The van der Waals surface area contributed by atoms with Crippen molar-refractivity contribution >= 4 is 27.7 Å². The van der Waals surface area contributed by atoms with E-state index < -0.39 is 11.6 Å². The lowest BCUT2D eigenvalue weighted by Crippen LogP contribution is -2.02. The Morgan fingerprint density at radius 2 is 2.03 bits per heavy atom. The van der Waals surface area contributed by atoms with Gasteiger partial charge in [0, 0.05) is 52.6 Å². The molecule has 0 aliphatic carbocycles. The van der Waals surface area contributed by atoms with Crippen molar-refractivity contribution in [3.05, 3.63) is 102 Å². The molecular formula is C25H21F2N3OS. The molecule has 7 heteroatoms. The van der Waals surface area contributed by atoms with E-state index >= 15 is 4.39 Å². The van der Waals surface area contributed by atoms with Gasteiger partial charge in [0.25, 0.3) is 0 Å². The Hall–Kier alpha value is -3.45. The van der Waals surface area contributed by atoms with Crippen LogP contribution in [0.2, 0.25) is 0 Å². The summed E-state index contributed by atoms with van der Waals surface area (Å²) in [5.74, 6) is -0.752. The minimum Gasteiger partial charge on any atom is -0.454 e. The van der Waals surface area contributed by atoms with Crippen LogP contribution in [-0.2, 0) is 12.8 Å². The number of H-pyrrole nitrogens is 1. The van der Waals surface area contributed by atoms with Gasteiger partial charge >= 0.3 is 0 Å². The number of aromatic amines is 1. The number of hydrogen-bond donors (Lipinski definition) is 2. The number of hydrogen-bond acceptors (Lipinski definition) is 4. The van der Waals surface area contributed by atoms with Crippen molar-refractivity contribution in [1.29, 1.82) is 5.41 Å². The fraction of sp³-hybridized carbons (Fsp3) is 0.120. The minimum atomic E-state index is -0.538. The zero-order valence-corrected chi connectivity index (χ0v) is 18.2. The van der Waals surface area contributed by atoms with Crippen molar-refractivity contribution in [2.75, 3.05) is 6.26 Å². The first-order valence-corrected chi connectivity index (χ1v) is 11.2. The van der Waals surface area contributed by atoms with E-state index in [1.165, 1.54) is 24.3 Å². The molecule has 162 valence electrons. The first-order chi connectivity index (χ1) is 15.5. The molecule has 0 amide bonds. The molecule has 4 aromatic rings. The van der Waals surface area contributed by atoms with Crippen LogP contribution < -0.4 is 4.74 Å². The number of nitrogens with zero attached hydrogens (tertiary/aromatic N) is 1. The number of thioether (sulfide) groups is 1. The van der Waals surface area contributed by atoms with Crippen LogP contribution in [0.25, 0.3) is 10.9 Å². The Balaban J connectivity index is 1.75. The first-order valence-electron chi connectivity index (χ1n) is 9.93. The number of fused-ring (bicyclic) bond motifs is 1. The van der Waals surface area contributed by atoms with Gasteiger partial charge in [-0.3, -0.25) is 10.4 Å². The summed E-state index contributed by atoms with van der Waals surface area (Å²) in [4.78, 5) is 7.54.